The molecule has 20 heavy (non-hydrogen) atoms. The van der Waals surface area contributed by atoms with Gasteiger partial charge in [0.15, 0.2) is 0 Å². The van der Waals surface area contributed by atoms with E-state index in [1.54, 1.807) is 6.07 Å². The van der Waals surface area contributed by atoms with E-state index in [0.29, 0.717) is 12.0 Å². The number of nitriles is 1. The summed E-state index contributed by atoms with van der Waals surface area (Å²) in [6.07, 6.45) is 2.09. The SMILES string of the molecule is N#C[CH]Cc1ccc(-c2ccc(C(N)=O)c(F)c2)cc1. The Morgan fingerprint density at radius 3 is 2.40 bits per heavy atom. The lowest BCUT2D eigenvalue weighted by Gasteiger charge is -2.05. The molecule has 1 radical (unpaired) electrons. The van der Waals surface area contributed by atoms with Crippen LogP contribution in [0.5, 0.6) is 0 Å². The van der Waals surface area contributed by atoms with Crippen molar-refractivity contribution in [2.75, 3.05) is 0 Å². The average molecular weight is 267 g/mol. The Morgan fingerprint density at radius 2 is 1.85 bits per heavy atom. The molecule has 0 fully saturated rings. The second kappa shape index (κ2) is 5.98. The van der Waals surface area contributed by atoms with Crippen molar-refractivity contribution < 1.29 is 9.18 Å². The molecule has 0 aliphatic heterocycles. The summed E-state index contributed by atoms with van der Waals surface area (Å²) in [5, 5.41) is 8.48. The molecular weight excluding hydrogens is 255 g/mol. The minimum atomic E-state index is -0.781. The van der Waals surface area contributed by atoms with Crippen LogP contribution >= 0.6 is 0 Å². The van der Waals surface area contributed by atoms with Crippen LogP contribution in [0.3, 0.4) is 0 Å². The Bertz CT molecular complexity index is 672. The van der Waals surface area contributed by atoms with Gasteiger partial charge in [-0.05, 0) is 35.2 Å². The van der Waals surface area contributed by atoms with Crippen LogP contribution in [0.2, 0.25) is 0 Å². The third kappa shape index (κ3) is 3.01. The minimum Gasteiger partial charge on any atom is -0.366 e. The molecule has 2 aromatic rings. The summed E-state index contributed by atoms with van der Waals surface area (Å²) in [7, 11) is 0. The molecule has 0 saturated heterocycles. The van der Waals surface area contributed by atoms with Crippen molar-refractivity contribution in [3.05, 3.63) is 65.8 Å². The van der Waals surface area contributed by atoms with E-state index in [2.05, 4.69) is 0 Å². The van der Waals surface area contributed by atoms with Crippen LogP contribution in [0, 0.1) is 23.6 Å². The highest BCUT2D eigenvalue weighted by Crippen LogP contribution is 2.22. The van der Waals surface area contributed by atoms with Crippen molar-refractivity contribution >= 4 is 5.91 Å². The highest BCUT2D eigenvalue weighted by molar-refractivity contribution is 5.93. The Balaban J connectivity index is 2.26. The summed E-state index contributed by atoms with van der Waals surface area (Å²) in [6.45, 7) is 0. The van der Waals surface area contributed by atoms with E-state index >= 15 is 0 Å². The summed E-state index contributed by atoms with van der Waals surface area (Å²) in [5.41, 5.74) is 7.45. The molecule has 0 aromatic heterocycles. The Kier molecular flexibility index (Phi) is 4.11. The summed E-state index contributed by atoms with van der Waals surface area (Å²) >= 11 is 0. The van der Waals surface area contributed by atoms with Gasteiger partial charge in [0.25, 0.3) is 5.91 Å². The first-order valence-electron chi connectivity index (χ1n) is 6.02. The first-order chi connectivity index (χ1) is 9.61. The number of carbonyl (C=O) groups excluding carboxylic acids is 1. The van der Waals surface area contributed by atoms with Crippen LogP contribution in [0.1, 0.15) is 15.9 Å². The van der Waals surface area contributed by atoms with Crippen molar-refractivity contribution in [1.82, 2.24) is 0 Å². The number of primary amides is 1. The molecule has 0 spiro atoms. The second-order valence-electron chi connectivity index (χ2n) is 4.29. The summed E-state index contributed by atoms with van der Waals surface area (Å²) in [4.78, 5) is 11.0. The zero-order valence-electron chi connectivity index (χ0n) is 10.6. The van der Waals surface area contributed by atoms with Crippen LogP contribution < -0.4 is 5.73 Å². The van der Waals surface area contributed by atoms with E-state index < -0.39 is 11.7 Å². The molecule has 0 heterocycles. The Labute approximate surface area is 116 Å². The molecule has 2 aromatic carbocycles. The molecule has 2 N–H and O–H groups in total. The maximum absolute atomic E-state index is 13.7. The van der Waals surface area contributed by atoms with Crippen LogP contribution in [-0.4, -0.2) is 5.91 Å². The van der Waals surface area contributed by atoms with Gasteiger partial charge >= 0.3 is 0 Å². The molecule has 0 unspecified atom stereocenters. The highest BCUT2D eigenvalue weighted by Gasteiger charge is 2.09. The zero-order chi connectivity index (χ0) is 14.5. The standard InChI is InChI=1S/C16H12FN2O/c17-15-10-13(7-8-14(15)16(19)20)12-5-3-11(4-6-12)2-1-9-18/h1,3-8,10H,2H2,(H2,19,20). The van der Waals surface area contributed by atoms with Crippen molar-refractivity contribution in [2.24, 2.45) is 5.73 Å². The molecule has 0 bridgehead atoms. The normalized spacial score (nSPS) is 10.0. The van der Waals surface area contributed by atoms with Crippen LogP contribution in [-0.2, 0) is 6.42 Å². The summed E-state index contributed by atoms with van der Waals surface area (Å²) in [6, 6.07) is 13.7. The molecule has 4 heteroatoms. The maximum atomic E-state index is 13.7. The quantitative estimate of drug-likeness (QED) is 0.925. The van der Waals surface area contributed by atoms with E-state index in [4.69, 9.17) is 11.0 Å². The van der Waals surface area contributed by atoms with E-state index in [0.717, 1.165) is 11.1 Å². The van der Waals surface area contributed by atoms with Gasteiger partial charge in [0, 0.05) is 0 Å². The maximum Gasteiger partial charge on any atom is 0.251 e. The lowest BCUT2D eigenvalue weighted by atomic mass is 10.0. The van der Waals surface area contributed by atoms with Gasteiger partial charge < -0.3 is 5.73 Å². The lowest BCUT2D eigenvalue weighted by Crippen LogP contribution is -2.12. The number of hydrogen-bond donors (Lipinski definition) is 1. The van der Waals surface area contributed by atoms with Gasteiger partial charge in [-0.25, -0.2) is 4.39 Å². The number of rotatable bonds is 4. The van der Waals surface area contributed by atoms with Gasteiger partial charge in [0.1, 0.15) is 5.82 Å². The zero-order valence-corrected chi connectivity index (χ0v) is 10.6. The number of hydrogen-bond acceptors (Lipinski definition) is 2. The smallest absolute Gasteiger partial charge is 0.251 e. The van der Waals surface area contributed by atoms with E-state index in [1.165, 1.54) is 18.6 Å². The van der Waals surface area contributed by atoms with E-state index in [9.17, 15) is 9.18 Å². The van der Waals surface area contributed by atoms with Crippen LogP contribution in [0.15, 0.2) is 42.5 Å². The predicted molar refractivity (Wildman–Crippen MR) is 74.0 cm³/mol. The first kappa shape index (κ1) is 13.8. The fraction of sp³-hybridized carbons (Fsp3) is 0.0625. The van der Waals surface area contributed by atoms with E-state index in [-0.39, 0.29) is 5.56 Å². The topological polar surface area (TPSA) is 66.9 Å². The van der Waals surface area contributed by atoms with Gasteiger partial charge in [-0.15, -0.1) is 0 Å². The van der Waals surface area contributed by atoms with Crippen molar-refractivity contribution in [3.63, 3.8) is 0 Å². The van der Waals surface area contributed by atoms with Gasteiger partial charge in [-0.2, -0.15) is 5.26 Å². The number of carbonyl (C=O) groups is 1. The van der Waals surface area contributed by atoms with Crippen molar-refractivity contribution in [2.45, 2.75) is 6.42 Å². The van der Waals surface area contributed by atoms with E-state index in [1.807, 2.05) is 30.3 Å². The molecule has 3 nitrogen and oxygen atoms in total. The Hall–Kier alpha value is -2.67. The second-order valence-corrected chi connectivity index (χ2v) is 4.29. The number of amides is 1. The molecule has 0 aliphatic carbocycles. The predicted octanol–water partition coefficient (Wildman–Crippen LogP) is 2.86. The fourth-order valence-corrected chi connectivity index (χ4v) is 1.89. The number of benzene rings is 2. The Morgan fingerprint density at radius 1 is 1.20 bits per heavy atom. The van der Waals surface area contributed by atoms with Crippen molar-refractivity contribution in [1.29, 1.82) is 5.26 Å². The monoisotopic (exact) mass is 267 g/mol. The first-order valence-corrected chi connectivity index (χ1v) is 6.02. The van der Waals surface area contributed by atoms with Gasteiger partial charge in [-0.1, -0.05) is 30.3 Å². The van der Waals surface area contributed by atoms with Crippen LogP contribution in [0.25, 0.3) is 11.1 Å². The third-order valence-corrected chi connectivity index (χ3v) is 2.95. The van der Waals surface area contributed by atoms with Gasteiger partial charge in [-0.3, -0.25) is 4.79 Å². The molecule has 0 atom stereocenters. The molecule has 0 saturated carbocycles. The van der Waals surface area contributed by atoms with Crippen molar-refractivity contribution in [3.8, 4) is 17.2 Å². The lowest BCUT2D eigenvalue weighted by molar-refractivity contribution is 0.0996. The minimum absolute atomic E-state index is 0.117. The molecule has 2 rings (SSSR count). The third-order valence-electron chi connectivity index (χ3n) is 2.95. The molecule has 0 aliphatic rings. The largest absolute Gasteiger partial charge is 0.366 e. The highest BCUT2D eigenvalue weighted by atomic mass is 19.1. The molecule has 99 valence electrons. The fourth-order valence-electron chi connectivity index (χ4n) is 1.89. The number of nitrogens with zero attached hydrogens (tertiary/aromatic N) is 1. The van der Waals surface area contributed by atoms with Gasteiger partial charge in [0.05, 0.1) is 18.1 Å². The molecular formula is C16H12FN2O. The van der Waals surface area contributed by atoms with Crippen LogP contribution in [0.4, 0.5) is 4.39 Å². The van der Waals surface area contributed by atoms with Gasteiger partial charge in [0.2, 0.25) is 0 Å². The summed E-state index contributed by atoms with van der Waals surface area (Å²) in [5.74, 6) is -1.41. The number of nitrogens with two attached hydrogens (primary N) is 1. The summed E-state index contributed by atoms with van der Waals surface area (Å²) < 4.78 is 13.7. The average Bonchev–Trinajstić information content (AvgIpc) is 2.45. The molecule has 1 amide bonds. The number of halogens is 1.